The number of carbonyl (C=O) groups is 1. The maximum atomic E-state index is 12.3. The molecule has 0 saturated heterocycles. The zero-order valence-corrected chi connectivity index (χ0v) is 18.8. The Balaban J connectivity index is 1.41. The van der Waals surface area contributed by atoms with Gasteiger partial charge in [-0.1, -0.05) is 31.5 Å². The number of hydrogen-bond donors (Lipinski definition) is 1. The molecule has 1 heterocycles. The van der Waals surface area contributed by atoms with Crippen molar-refractivity contribution in [3.05, 3.63) is 77.4 Å². The Morgan fingerprint density at radius 2 is 1.72 bits per heavy atom. The van der Waals surface area contributed by atoms with E-state index in [2.05, 4.69) is 34.6 Å². The molecule has 164 valence electrons. The van der Waals surface area contributed by atoms with Crippen molar-refractivity contribution in [2.24, 2.45) is 0 Å². The number of hydrogen-bond acceptors (Lipinski definition) is 4. The van der Waals surface area contributed by atoms with E-state index in [1.165, 1.54) is 24.0 Å². The molecule has 3 aromatic carbocycles. The van der Waals surface area contributed by atoms with Gasteiger partial charge < -0.3 is 10.1 Å². The minimum absolute atomic E-state index is 0.0579. The first-order valence-electron chi connectivity index (χ1n) is 11.0. The predicted octanol–water partition coefficient (Wildman–Crippen LogP) is 5.40. The van der Waals surface area contributed by atoms with Crippen LogP contribution in [0.4, 0.5) is 5.69 Å². The van der Waals surface area contributed by atoms with Crippen LogP contribution in [0.3, 0.4) is 0 Å². The van der Waals surface area contributed by atoms with Crippen LogP contribution in [0, 0.1) is 13.8 Å². The van der Waals surface area contributed by atoms with Gasteiger partial charge in [-0.15, -0.1) is 10.2 Å². The van der Waals surface area contributed by atoms with E-state index in [4.69, 9.17) is 4.74 Å². The van der Waals surface area contributed by atoms with Gasteiger partial charge in [0.25, 0.3) is 5.91 Å². The Labute approximate surface area is 188 Å². The maximum Gasteiger partial charge on any atom is 0.262 e. The topological polar surface area (TPSA) is 69.0 Å². The lowest BCUT2D eigenvalue weighted by Gasteiger charge is -2.09. The van der Waals surface area contributed by atoms with Crippen molar-refractivity contribution in [2.45, 2.75) is 40.0 Å². The first kappa shape index (κ1) is 21.6. The molecule has 6 heteroatoms. The van der Waals surface area contributed by atoms with Crippen molar-refractivity contribution in [1.82, 2.24) is 15.0 Å². The number of benzene rings is 3. The second-order valence-corrected chi connectivity index (χ2v) is 8.05. The summed E-state index contributed by atoms with van der Waals surface area (Å²) in [7, 11) is 0. The number of fused-ring (bicyclic) bond motifs is 1. The molecule has 4 aromatic rings. The zero-order valence-electron chi connectivity index (χ0n) is 18.8. The lowest BCUT2D eigenvalue weighted by molar-refractivity contribution is -0.118. The smallest absolute Gasteiger partial charge is 0.262 e. The summed E-state index contributed by atoms with van der Waals surface area (Å²) < 4.78 is 5.62. The van der Waals surface area contributed by atoms with Gasteiger partial charge in [0.05, 0.1) is 5.69 Å². The van der Waals surface area contributed by atoms with Crippen LogP contribution in [0.1, 0.15) is 36.5 Å². The zero-order chi connectivity index (χ0) is 22.5. The Morgan fingerprint density at radius 3 is 2.47 bits per heavy atom. The lowest BCUT2D eigenvalue weighted by Crippen LogP contribution is -2.20. The molecule has 32 heavy (non-hydrogen) atoms. The Bertz CT molecular complexity index is 1230. The Hall–Kier alpha value is -3.67. The summed E-state index contributed by atoms with van der Waals surface area (Å²) >= 11 is 0. The van der Waals surface area contributed by atoms with Gasteiger partial charge in [-0.25, -0.2) is 0 Å². The first-order valence-corrected chi connectivity index (χ1v) is 11.0. The molecule has 0 aliphatic carbocycles. The number of nitrogens with one attached hydrogen (secondary N) is 1. The van der Waals surface area contributed by atoms with Gasteiger partial charge in [-0.05, 0) is 85.8 Å². The van der Waals surface area contributed by atoms with E-state index < -0.39 is 0 Å². The molecule has 0 aliphatic rings. The third-order valence-electron chi connectivity index (χ3n) is 5.50. The van der Waals surface area contributed by atoms with Crippen molar-refractivity contribution >= 4 is 22.6 Å². The van der Waals surface area contributed by atoms with Gasteiger partial charge in [-0.2, -0.15) is 4.80 Å². The number of rotatable bonds is 8. The van der Waals surface area contributed by atoms with Crippen LogP contribution in [-0.2, 0) is 11.2 Å². The minimum Gasteiger partial charge on any atom is -0.484 e. The number of unbranched alkanes of at least 4 members (excludes halogenated alkanes) is 1. The highest BCUT2D eigenvalue weighted by molar-refractivity contribution is 5.93. The molecular weight excluding hydrogens is 400 g/mol. The quantitative estimate of drug-likeness (QED) is 0.408. The predicted molar refractivity (Wildman–Crippen MR) is 128 cm³/mol. The van der Waals surface area contributed by atoms with Crippen LogP contribution in [0.5, 0.6) is 5.75 Å². The molecule has 1 amide bonds. The summed E-state index contributed by atoms with van der Waals surface area (Å²) in [5.74, 6) is 0.458. The molecule has 1 N–H and O–H groups in total. The van der Waals surface area contributed by atoms with Gasteiger partial charge in [0, 0.05) is 5.69 Å². The summed E-state index contributed by atoms with van der Waals surface area (Å²) in [6, 6.07) is 19.6. The molecule has 0 saturated carbocycles. The number of nitrogens with zero attached hydrogens (tertiary/aromatic N) is 3. The monoisotopic (exact) mass is 428 g/mol. The fourth-order valence-corrected chi connectivity index (χ4v) is 3.43. The third-order valence-corrected chi connectivity index (χ3v) is 5.50. The first-order chi connectivity index (χ1) is 15.5. The Morgan fingerprint density at radius 1 is 0.938 bits per heavy atom. The van der Waals surface area contributed by atoms with Crippen molar-refractivity contribution < 1.29 is 9.53 Å². The molecule has 0 aliphatic heterocycles. The molecule has 0 fully saturated rings. The van der Waals surface area contributed by atoms with Crippen LogP contribution in [0.15, 0.2) is 60.7 Å². The van der Waals surface area contributed by atoms with E-state index in [0.29, 0.717) is 17.0 Å². The summed E-state index contributed by atoms with van der Waals surface area (Å²) in [5.41, 5.74) is 6.70. The molecule has 6 nitrogen and oxygen atoms in total. The standard InChI is InChI=1S/C26H28N4O2/c1-4-5-6-20-8-11-22(12-9-20)30-28-24-14-10-21(16-25(24)29-30)27-26(31)17-32-23-13-7-18(2)19(3)15-23/h7-16H,4-6,17H2,1-3H3,(H,27,31). The molecule has 0 atom stereocenters. The number of aryl methyl sites for hydroxylation is 3. The molecule has 0 radical (unpaired) electrons. The normalized spacial score (nSPS) is 11.0. The highest BCUT2D eigenvalue weighted by Crippen LogP contribution is 2.19. The fourth-order valence-electron chi connectivity index (χ4n) is 3.43. The fraction of sp³-hybridized carbons (Fsp3) is 0.269. The van der Waals surface area contributed by atoms with Crippen LogP contribution < -0.4 is 10.1 Å². The van der Waals surface area contributed by atoms with Crippen molar-refractivity contribution in [3.8, 4) is 11.4 Å². The maximum absolute atomic E-state index is 12.3. The van der Waals surface area contributed by atoms with E-state index in [1.807, 2.05) is 62.4 Å². The van der Waals surface area contributed by atoms with Crippen LogP contribution in [-0.4, -0.2) is 27.5 Å². The number of aromatic nitrogens is 3. The van der Waals surface area contributed by atoms with Gasteiger partial charge >= 0.3 is 0 Å². The lowest BCUT2D eigenvalue weighted by atomic mass is 10.1. The van der Waals surface area contributed by atoms with Crippen molar-refractivity contribution in [1.29, 1.82) is 0 Å². The number of ether oxygens (including phenoxy) is 1. The van der Waals surface area contributed by atoms with E-state index in [9.17, 15) is 4.79 Å². The average molecular weight is 429 g/mol. The summed E-state index contributed by atoms with van der Waals surface area (Å²) in [5, 5.41) is 12.0. The van der Waals surface area contributed by atoms with E-state index >= 15 is 0 Å². The second kappa shape index (κ2) is 9.64. The number of amides is 1. The third kappa shape index (κ3) is 5.14. The van der Waals surface area contributed by atoms with Crippen molar-refractivity contribution in [3.63, 3.8) is 0 Å². The van der Waals surface area contributed by atoms with Crippen LogP contribution in [0.25, 0.3) is 16.7 Å². The molecule has 1 aromatic heterocycles. The summed E-state index contributed by atoms with van der Waals surface area (Å²) in [6.45, 7) is 6.20. The highest BCUT2D eigenvalue weighted by atomic mass is 16.5. The van der Waals surface area contributed by atoms with Gasteiger partial charge in [0.1, 0.15) is 16.8 Å². The highest BCUT2D eigenvalue weighted by Gasteiger charge is 2.09. The number of anilines is 1. The largest absolute Gasteiger partial charge is 0.484 e. The van der Waals surface area contributed by atoms with Gasteiger partial charge in [-0.3, -0.25) is 4.79 Å². The van der Waals surface area contributed by atoms with E-state index in [0.717, 1.165) is 23.2 Å². The SMILES string of the molecule is CCCCc1ccc(-n2nc3ccc(NC(=O)COc4ccc(C)c(C)c4)cc3n2)cc1. The molecule has 4 rings (SSSR count). The second-order valence-electron chi connectivity index (χ2n) is 8.05. The summed E-state index contributed by atoms with van der Waals surface area (Å²) in [6.07, 6.45) is 3.46. The van der Waals surface area contributed by atoms with Gasteiger partial charge in [0.2, 0.25) is 0 Å². The van der Waals surface area contributed by atoms with E-state index in [1.54, 1.807) is 4.80 Å². The molecule has 0 spiro atoms. The number of carbonyl (C=O) groups excluding carboxylic acids is 1. The molecular formula is C26H28N4O2. The molecule has 0 unspecified atom stereocenters. The van der Waals surface area contributed by atoms with Crippen LogP contribution in [0.2, 0.25) is 0 Å². The molecule has 0 bridgehead atoms. The van der Waals surface area contributed by atoms with Crippen LogP contribution >= 0.6 is 0 Å². The Kier molecular flexibility index (Phi) is 6.50. The van der Waals surface area contributed by atoms with Crippen molar-refractivity contribution in [2.75, 3.05) is 11.9 Å². The summed E-state index contributed by atoms with van der Waals surface area (Å²) in [4.78, 5) is 14.0. The average Bonchev–Trinajstić information content (AvgIpc) is 3.22. The van der Waals surface area contributed by atoms with Gasteiger partial charge in [0.15, 0.2) is 6.61 Å². The minimum atomic E-state index is -0.224. The van der Waals surface area contributed by atoms with E-state index in [-0.39, 0.29) is 12.5 Å².